The van der Waals surface area contributed by atoms with Crippen molar-refractivity contribution in [3.63, 3.8) is 0 Å². The molecule has 0 rings (SSSR count). The molecule has 0 atom stereocenters. The van der Waals surface area contributed by atoms with Crippen LogP contribution in [0.25, 0.3) is 0 Å². The van der Waals surface area contributed by atoms with Gasteiger partial charge in [-0.05, 0) is 0 Å². The number of carbonyl (C=O) groups is 6. The molecule has 0 spiro atoms. The summed E-state index contributed by atoms with van der Waals surface area (Å²) in [5.41, 5.74) is 0. The molecule has 302 valence electrons. The van der Waals surface area contributed by atoms with Gasteiger partial charge in [0.15, 0.2) is 0 Å². The van der Waals surface area contributed by atoms with Crippen molar-refractivity contribution in [2.75, 3.05) is 19.8 Å². The van der Waals surface area contributed by atoms with Crippen molar-refractivity contribution >= 4 is 55.4 Å². The zero-order chi connectivity index (χ0) is 39.4. The molecule has 0 aliphatic rings. The van der Waals surface area contributed by atoms with Crippen LogP contribution in [-0.2, 0) is 52.2 Å². The molecular weight excluding hydrogens is 791 g/mol. The maximum absolute atomic E-state index is 12.9. The van der Waals surface area contributed by atoms with Gasteiger partial charge in [-0.15, -0.1) is 0 Å². The molecular formula is C40H66O12Sn. The third-order valence-electron chi connectivity index (χ3n) is 7.90. The van der Waals surface area contributed by atoms with Gasteiger partial charge in [0.1, 0.15) is 0 Å². The van der Waals surface area contributed by atoms with Crippen LogP contribution in [0.4, 0.5) is 0 Å². The quantitative estimate of drug-likeness (QED) is 0.0204. The van der Waals surface area contributed by atoms with Gasteiger partial charge in [-0.25, -0.2) is 0 Å². The molecule has 0 N–H and O–H groups in total. The van der Waals surface area contributed by atoms with Gasteiger partial charge in [0.05, 0.1) is 0 Å². The van der Waals surface area contributed by atoms with E-state index in [1.807, 2.05) is 6.92 Å². The smallest absolute Gasteiger partial charge is 0.0654 e. The van der Waals surface area contributed by atoms with E-state index in [9.17, 15) is 28.8 Å². The first-order chi connectivity index (χ1) is 25.6. The first-order valence-corrected chi connectivity index (χ1v) is 25.4. The van der Waals surface area contributed by atoms with Crippen LogP contribution in [-0.4, -0.2) is 75.3 Å². The van der Waals surface area contributed by atoms with Crippen LogP contribution in [0.2, 0.25) is 4.44 Å². The second kappa shape index (κ2) is 34.6. The maximum atomic E-state index is 12.9. The SMILES string of the molecule is CCCCCCCCOC(=O)/C=C\C(=O)[O][Sn]([CH2]CCC)([O]C(=O)/C=C\C(=O)OCCCCCCCC)[O]C(=O)/C=C\C(=O)OCCCCCCCC. The van der Waals surface area contributed by atoms with Crippen molar-refractivity contribution in [1.29, 1.82) is 0 Å². The third-order valence-corrected chi connectivity index (χ3v) is 15.0. The van der Waals surface area contributed by atoms with Crippen molar-refractivity contribution < 1.29 is 52.2 Å². The van der Waals surface area contributed by atoms with Crippen molar-refractivity contribution in [3.05, 3.63) is 36.5 Å². The fourth-order valence-electron chi connectivity index (χ4n) is 4.89. The Bertz CT molecular complexity index is 1000. The number of unbranched alkanes of at least 4 members (excludes halogenated alkanes) is 16. The number of rotatable bonds is 33. The summed E-state index contributed by atoms with van der Waals surface area (Å²) >= 11 is -5.50. The fourth-order valence-corrected chi connectivity index (χ4v) is 11.6. The number of hydrogen-bond acceptors (Lipinski definition) is 12. The summed E-state index contributed by atoms with van der Waals surface area (Å²) in [5.74, 6) is -5.54. The summed E-state index contributed by atoms with van der Waals surface area (Å²) in [6.07, 6.45) is 24.2. The molecule has 0 radical (unpaired) electrons. The molecule has 0 aromatic carbocycles. The minimum Gasteiger partial charge on any atom is -0.0654 e. The molecule has 0 heterocycles. The van der Waals surface area contributed by atoms with Gasteiger partial charge in [-0.3, -0.25) is 0 Å². The summed E-state index contributed by atoms with van der Waals surface area (Å²) in [6.45, 7) is 8.81. The summed E-state index contributed by atoms with van der Waals surface area (Å²) < 4.78 is 32.0. The van der Waals surface area contributed by atoms with Crippen LogP contribution in [0, 0.1) is 0 Å². The molecule has 53 heavy (non-hydrogen) atoms. The Balaban J connectivity index is 5.58. The number of hydrogen-bond donors (Lipinski definition) is 0. The average molecular weight is 858 g/mol. The van der Waals surface area contributed by atoms with E-state index < -0.39 is 55.4 Å². The minimum atomic E-state index is -5.50. The van der Waals surface area contributed by atoms with E-state index in [4.69, 9.17) is 23.4 Å². The average Bonchev–Trinajstić information content (AvgIpc) is 3.13. The Kier molecular flexibility index (Phi) is 32.5. The number of ether oxygens (including phenoxy) is 3. The van der Waals surface area contributed by atoms with Crippen molar-refractivity contribution in [3.8, 4) is 0 Å². The molecule has 0 saturated heterocycles. The van der Waals surface area contributed by atoms with Crippen molar-refractivity contribution in [2.24, 2.45) is 0 Å². The van der Waals surface area contributed by atoms with E-state index in [2.05, 4.69) is 20.8 Å². The van der Waals surface area contributed by atoms with Gasteiger partial charge in [0.25, 0.3) is 0 Å². The summed E-state index contributed by atoms with van der Waals surface area (Å²) in [6, 6.07) is 0. The van der Waals surface area contributed by atoms with E-state index >= 15 is 0 Å². The van der Waals surface area contributed by atoms with Crippen LogP contribution in [0.1, 0.15) is 156 Å². The van der Waals surface area contributed by atoms with Crippen molar-refractivity contribution in [1.82, 2.24) is 0 Å². The Morgan fingerprint density at radius 2 is 0.585 bits per heavy atom. The standard InChI is InChI=1S/3C12H20O4.C4H9.Sn/c3*1-2-3-4-5-6-7-10-16-12(15)9-8-11(13)14;1-3-4-2;/h3*8-9H,2-7,10H2,1H3,(H,13,14);1,3-4H2,2H3;/q;;;;+3/p-3/b3*9-8-;;. The number of esters is 3. The van der Waals surface area contributed by atoms with Crippen molar-refractivity contribution in [2.45, 2.75) is 161 Å². The van der Waals surface area contributed by atoms with Crippen LogP contribution >= 0.6 is 0 Å². The zero-order valence-electron chi connectivity index (χ0n) is 32.8. The molecule has 0 amide bonds. The topological polar surface area (TPSA) is 158 Å². The Morgan fingerprint density at radius 3 is 0.868 bits per heavy atom. The zero-order valence-corrected chi connectivity index (χ0v) is 35.7. The van der Waals surface area contributed by atoms with Gasteiger partial charge < -0.3 is 0 Å². The molecule has 0 unspecified atom stereocenters. The fraction of sp³-hybridized carbons (Fsp3) is 0.700. The molecule has 0 aromatic heterocycles. The second-order valence-corrected chi connectivity index (χ2v) is 19.9. The molecule has 0 aromatic rings. The van der Waals surface area contributed by atoms with Crippen LogP contribution < -0.4 is 0 Å². The number of carbonyl (C=O) groups excluding carboxylic acids is 6. The minimum absolute atomic E-state index is 0.0860. The summed E-state index contributed by atoms with van der Waals surface area (Å²) in [5, 5.41) is 0. The van der Waals surface area contributed by atoms with Crippen LogP contribution in [0.3, 0.4) is 0 Å². The van der Waals surface area contributed by atoms with Gasteiger partial charge in [-0.2, -0.15) is 0 Å². The van der Waals surface area contributed by atoms with E-state index in [0.717, 1.165) is 133 Å². The van der Waals surface area contributed by atoms with E-state index in [0.29, 0.717) is 32.1 Å². The second-order valence-electron chi connectivity index (χ2n) is 12.9. The molecule has 0 saturated carbocycles. The molecule has 0 aliphatic heterocycles. The summed E-state index contributed by atoms with van der Waals surface area (Å²) in [4.78, 5) is 75.4. The third kappa shape index (κ3) is 30.9. The van der Waals surface area contributed by atoms with Crippen LogP contribution in [0.5, 0.6) is 0 Å². The van der Waals surface area contributed by atoms with Gasteiger partial charge in [0, 0.05) is 0 Å². The normalized spacial score (nSPS) is 11.5. The predicted molar refractivity (Wildman–Crippen MR) is 204 cm³/mol. The monoisotopic (exact) mass is 858 g/mol. The molecule has 0 bridgehead atoms. The predicted octanol–water partition coefficient (Wildman–Crippen LogP) is 8.73. The Labute approximate surface area is 323 Å². The first-order valence-electron chi connectivity index (χ1n) is 19.8. The van der Waals surface area contributed by atoms with E-state index in [1.165, 1.54) is 0 Å². The van der Waals surface area contributed by atoms with Gasteiger partial charge in [0.2, 0.25) is 0 Å². The van der Waals surface area contributed by atoms with Crippen LogP contribution in [0.15, 0.2) is 36.5 Å². The summed E-state index contributed by atoms with van der Waals surface area (Å²) in [7, 11) is 0. The molecule has 13 heteroatoms. The Morgan fingerprint density at radius 1 is 0.340 bits per heavy atom. The van der Waals surface area contributed by atoms with Gasteiger partial charge in [-0.1, -0.05) is 40.0 Å². The molecule has 0 aliphatic carbocycles. The first kappa shape index (κ1) is 49.8. The molecule has 0 fully saturated rings. The van der Waals surface area contributed by atoms with E-state index in [1.54, 1.807) is 0 Å². The Hall–Kier alpha value is -3.16. The van der Waals surface area contributed by atoms with E-state index in [-0.39, 0.29) is 24.3 Å². The van der Waals surface area contributed by atoms with Gasteiger partial charge >= 0.3 is 284 Å². The molecule has 12 nitrogen and oxygen atoms in total.